The van der Waals surface area contributed by atoms with E-state index < -0.39 is 17.8 Å². The van der Waals surface area contributed by atoms with Crippen LogP contribution in [0.25, 0.3) is 0 Å². The van der Waals surface area contributed by atoms with Crippen LogP contribution >= 0.6 is 0 Å². The average molecular weight is 286 g/mol. The monoisotopic (exact) mass is 286 g/mol. The van der Waals surface area contributed by atoms with E-state index in [0.29, 0.717) is 0 Å². The third kappa shape index (κ3) is 2.55. The Hall–Kier alpha value is -1.84. The first-order valence-electron chi connectivity index (χ1n) is 7.70. The van der Waals surface area contributed by atoms with Gasteiger partial charge in [-0.15, -0.1) is 0 Å². The van der Waals surface area contributed by atoms with Crippen LogP contribution in [0.4, 0.5) is 5.69 Å². The molecule has 2 fully saturated rings. The minimum absolute atomic E-state index is 0.123. The third-order valence-electron chi connectivity index (χ3n) is 5.12. The first-order valence-corrected chi connectivity index (χ1v) is 7.70. The minimum atomic E-state index is -1.07. The quantitative estimate of drug-likeness (QED) is 0.914. The van der Waals surface area contributed by atoms with Crippen LogP contribution in [0.5, 0.6) is 0 Å². The lowest BCUT2D eigenvalue weighted by Gasteiger charge is -2.30. The van der Waals surface area contributed by atoms with Gasteiger partial charge < -0.3 is 15.2 Å². The van der Waals surface area contributed by atoms with E-state index in [0.717, 1.165) is 31.4 Å². The number of rotatable bonds is 4. The van der Waals surface area contributed by atoms with E-state index in [1.807, 2.05) is 24.3 Å². The molecule has 0 saturated heterocycles. The van der Waals surface area contributed by atoms with E-state index in [-0.39, 0.29) is 17.7 Å². The van der Waals surface area contributed by atoms with Crippen molar-refractivity contribution in [2.75, 3.05) is 5.32 Å². The predicted octanol–water partition coefficient (Wildman–Crippen LogP) is 1.60. The van der Waals surface area contributed by atoms with Crippen LogP contribution in [0.2, 0.25) is 0 Å². The first-order chi connectivity index (χ1) is 10.1. The van der Waals surface area contributed by atoms with Gasteiger partial charge in [0, 0.05) is 23.5 Å². The molecule has 4 nitrogen and oxygen atoms in total. The number of fused-ring (bicyclic) bond motifs is 2. The van der Waals surface area contributed by atoms with Crippen molar-refractivity contribution in [2.24, 2.45) is 23.7 Å². The molecule has 4 atom stereocenters. The van der Waals surface area contributed by atoms with Crippen molar-refractivity contribution in [3.8, 4) is 0 Å². The summed E-state index contributed by atoms with van der Waals surface area (Å²) in [6.07, 6.45) is 3.68. The van der Waals surface area contributed by atoms with Gasteiger partial charge in [-0.05, 0) is 55.2 Å². The van der Waals surface area contributed by atoms with E-state index in [9.17, 15) is 14.7 Å². The van der Waals surface area contributed by atoms with Gasteiger partial charge in [0.1, 0.15) is 0 Å². The number of benzene rings is 1. The van der Waals surface area contributed by atoms with Gasteiger partial charge in [-0.2, -0.15) is 0 Å². The highest BCUT2D eigenvalue weighted by atomic mass is 16.4. The fourth-order valence-corrected chi connectivity index (χ4v) is 4.06. The lowest BCUT2D eigenvalue weighted by atomic mass is 9.78. The summed E-state index contributed by atoms with van der Waals surface area (Å²) in [5.41, 5.74) is 1.94. The van der Waals surface area contributed by atoms with Crippen LogP contribution in [0, 0.1) is 23.7 Å². The van der Waals surface area contributed by atoms with Gasteiger partial charge in [0.25, 0.3) is 0 Å². The Labute approximate surface area is 124 Å². The number of hydrogen-bond donors (Lipinski definition) is 1. The highest BCUT2D eigenvalue weighted by molar-refractivity contribution is 5.95. The molecule has 1 N–H and O–H groups in total. The molecule has 3 rings (SSSR count). The van der Waals surface area contributed by atoms with Crippen LogP contribution in [0.1, 0.15) is 31.7 Å². The van der Waals surface area contributed by atoms with Crippen molar-refractivity contribution in [3.63, 3.8) is 0 Å². The van der Waals surface area contributed by atoms with Gasteiger partial charge in [0.15, 0.2) is 0 Å². The lowest BCUT2D eigenvalue weighted by molar-refractivity contribution is -0.314. The topological polar surface area (TPSA) is 69.2 Å². The second-order valence-electron chi connectivity index (χ2n) is 6.24. The number of anilines is 1. The molecule has 4 heteroatoms. The molecule has 0 aliphatic heterocycles. The van der Waals surface area contributed by atoms with Crippen molar-refractivity contribution in [1.82, 2.24) is 0 Å². The normalized spacial score (nSPS) is 30.3. The summed E-state index contributed by atoms with van der Waals surface area (Å²) < 4.78 is 0. The molecule has 21 heavy (non-hydrogen) atoms. The van der Waals surface area contributed by atoms with Crippen LogP contribution in [-0.2, 0) is 16.0 Å². The molecule has 0 aromatic heterocycles. The van der Waals surface area contributed by atoms with Gasteiger partial charge in [-0.25, -0.2) is 0 Å². The van der Waals surface area contributed by atoms with Crippen molar-refractivity contribution in [3.05, 3.63) is 29.8 Å². The fraction of sp³-hybridized carbons (Fsp3) is 0.529. The Balaban J connectivity index is 1.73. The summed E-state index contributed by atoms with van der Waals surface area (Å²) >= 11 is 0. The second kappa shape index (κ2) is 5.51. The number of aryl methyl sites for hydroxylation is 1. The van der Waals surface area contributed by atoms with Gasteiger partial charge in [0.2, 0.25) is 5.91 Å². The molecule has 0 spiro atoms. The molecular weight excluding hydrogens is 266 g/mol. The number of amides is 1. The van der Waals surface area contributed by atoms with Gasteiger partial charge in [0.05, 0.1) is 0 Å². The maximum Gasteiger partial charge on any atom is 0.228 e. The summed E-state index contributed by atoms with van der Waals surface area (Å²) in [7, 11) is 0. The zero-order valence-corrected chi connectivity index (χ0v) is 12.2. The summed E-state index contributed by atoms with van der Waals surface area (Å²) in [5.74, 6) is -1.95. The molecule has 0 radical (unpaired) electrons. The van der Waals surface area contributed by atoms with Gasteiger partial charge >= 0.3 is 0 Å². The molecule has 2 saturated carbocycles. The van der Waals surface area contributed by atoms with E-state index in [1.165, 1.54) is 5.56 Å². The van der Waals surface area contributed by atoms with Crippen LogP contribution in [-0.4, -0.2) is 11.9 Å². The minimum Gasteiger partial charge on any atom is -0.550 e. The molecule has 1 aromatic rings. The Kier molecular flexibility index (Phi) is 3.70. The molecule has 0 unspecified atom stereocenters. The number of nitrogens with one attached hydrogen (secondary N) is 1. The highest BCUT2D eigenvalue weighted by Gasteiger charge is 2.51. The van der Waals surface area contributed by atoms with Crippen molar-refractivity contribution in [1.29, 1.82) is 0 Å². The number of carbonyl (C=O) groups excluding carboxylic acids is 2. The Bertz CT molecular complexity index is 552. The second-order valence-corrected chi connectivity index (χ2v) is 6.24. The predicted molar refractivity (Wildman–Crippen MR) is 77.3 cm³/mol. The largest absolute Gasteiger partial charge is 0.550 e. The Morgan fingerprint density at radius 3 is 2.33 bits per heavy atom. The van der Waals surface area contributed by atoms with Crippen LogP contribution < -0.4 is 10.4 Å². The number of carbonyl (C=O) groups is 2. The van der Waals surface area contributed by atoms with Crippen LogP contribution in [0.3, 0.4) is 0 Å². The van der Waals surface area contributed by atoms with Crippen molar-refractivity contribution in [2.45, 2.75) is 32.6 Å². The standard InChI is InChI=1S/C17H21NO3/c1-2-10-3-7-13(8-4-10)18-16(19)14-11-5-6-12(9-11)15(14)17(20)21/h3-4,7-8,11-12,14-15H,2,5-6,9H2,1H3,(H,18,19)(H,20,21)/p-1/t11-,12+,14+,15+/m1/s1. The number of hydrogen-bond acceptors (Lipinski definition) is 3. The van der Waals surface area contributed by atoms with E-state index in [4.69, 9.17) is 0 Å². The summed E-state index contributed by atoms with van der Waals surface area (Å²) in [6, 6.07) is 7.70. The van der Waals surface area contributed by atoms with Crippen molar-refractivity contribution < 1.29 is 14.7 Å². The highest BCUT2D eigenvalue weighted by Crippen LogP contribution is 2.52. The zero-order valence-electron chi connectivity index (χ0n) is 12.2. The maximum absolute atomic E-state index is 12.5. The van der Waals surface area contributed by atoms with Gasteiger partial charge in [-0.3, -0.25) is 4.79 Å². The fourth-order valence-electron chi connectivity index (χ4n) is 4.06. The smallest absolute Gasteiger partial charge is 0.228 e. The van der Waals surface area contributed by atoms with Crippen molar-refractivity contribution >= 4 is 17.6 Å². The molecule has 1 aromatic carbocycles. The summed E-state index contributed by atoms with van der Waals surface area (Å²) in [6.45, 7) is 2.08. The Morgan fingerprint density at radius 2 is 1.76 bits per heavy atom. The zero-order chi connectivity index (χ0) is 15.0. The molecule has 2 aliphatic carbocycles. The lowest BCUT2D eigenvalue weighted by Crippen LogP contribution is -2.43. The number of carboxylic acids is 1. The molecular formula is C17H20NO3-. The summed E-state index contributed by atoms with van der Waals surface area (Å²) in [5, 5.41) is 14.2. The Morgan fingerprint density at radius 1 is 1.14 bits per heavy atom. The van der Waals surface area contributed by atoms with E-state index >= 15 is 0 Å². The van der Waals surface area contributed by atoms with E-state index in [1.54, 1.807) is 0 Å². The molecule has 1 amide bonds. The third-order valence-corrected chi connectivity index (χ3v) is 5.12. The molecule has 0 heterocycles. The van der Waals surface area contributed by atoms with Gasteiger partial charge in [-0.1, -0.05) is 19.1 Å². The van der Waals surface area contributed by atoms with Crippen LogP contribution in [0.15, 0.2) is 24.3 Å². The number of carboxylic acid groups (broad SMARTS) is 1. The number of aliphatic carboxylic acids is 1. The molecule has 2 aliphatic rings. The first kappa shape index (κ1) is 14.1. The molecule has 2 bridgehead atoms. The van der Waals surface area contributed by atoms with E-state index in [2.05, 4.69) is 12.2 Å². The average Bonchev–Trinajstić information content (AvgIpc) is 3.08. The molecule has 112 valence electrons. The summed E-state index contributed by atoms with van der Waals surface area (Å²) in [4.78, 5) is 23.8. The maximum atomic E-state index is 12.5. The SMILES string of the molecule is CCc1ccc(NC(=O)[C@H]2[C@@H]3CC[C@@H](C3)[C@@H]2C(=O)[O-])cc1.